The molecule has 0 aliphatic heterocycles. The van der Waals surface area contributed by atoms with Gasteiger partial charge in [0, 0.05) is 5.56 Å². The van der Waals surface area contributed by atoms with E-state index in [0.29, 0.717) is 5.56 Å². The third-order valence-electron chi connectivity index (χ3n) is 1.56. The summed E-state index contributed by atoms with van der Waals surface area (Å²) in [6, 6.07) is 5.23. The van der Waals surface area contributed by atoms with Gasteiger partial charge in [0.25, 0.3) is 0 Å². The van der Waals surface area contributed by atoms with Crippen molar-refractivity contribution in [3.63, 3.8) is 0 Å². The second-order valence-corrected chi connectivity index (χ2v) is 3.24. The summed E-state index contributed by atoms with van der Waals surface area (Å²) >= 11 is 4.56. The minimum absolute atomic E-state index is 0.0911. The van der Waals surface area contributed by atoms with Crippen LogP contribution in [0.25, 0.3) is 0 Å². The van der Waals surface area contributed by atoms with Gasteiger partial charge in [-0.05, 0) is 31.3 Å². The Balaban J connectivity index is 2.80. The van der Waals surface area contributed by atoms with Crippen molar-refractivity contribution >= 4 is 23.5 Å². The monoisotopic (exact) mass is 209 g/mol. The predicted octanol–water partition coefficient (Wildman–Crippen LogP) is 0.868. The fourth-order valence-electron chi connectivity index (χ4n) is 0.943. The molecule has 0 unspecified atom stereocenters. The van der Waals surface area contributed by atoms with Crippen LogP contribution in [-0.4, -0.2) is 16.4 Å². The summed E-state index contributed by atoms with van der Waals surface area (Å²) in [5, 5.41) is 13.3. The fraction of sp³-hybridized carbons (Fsp3) is 0.111. The number of aryl methyl sites for hydroxylation is 1. The summed E-state index contributed by atoms with van der Waals surface area (Å²) in [7, 11) is 0. The number of rotatable bonds is 2. The van der Waals surface area contributed by atoms with Crippen LogP contribution in [0.1, 0.15) is 11.1 Å². The number of nitrogens with zero attached hydrogens (tertiary/aromatic N) is 1. The molecule has 4 nitrogen and oxygen atoms in total. The quantitative estimate of drug-likeness (QED) is 0.384. The summed E-state index contributed by atoms with van der Waals surface area (Å²) in [5.74, 6) is 0.170. The largest absolute Gasteiger partial charge is 0.507 e. The van der Waals surface area contributed by atoms with E-state index in [4.69, 9.17) is 5.73 Å². The minimum atomic E-state index is 0.0911. The molecule has 0 saturated carbocycles. The van der Waals surface area contributed by atoms with Gasteiger partial charge < -0.3 is 10.8 Å². The maximum atomic E-state index is 9.42. The van der Waals surface area contributed by atoms with Gasteiger partial charge in [-0.3, -0.25) is 5.43 Å². The van der Waals surface area contributed by atoms with Gasteiger partial charge >= 0.3 is 0 Å². The van der Waals surface area contributed by atoms with Gasteiger partial charge in [0.05, 0.1) is 6.21 Å². The zero-order valence-corrected chi connectivity index (χ0v) is 8.51. The van der Waals surface area contributed by atoms with Crippen LogP contribution in [0, 0.1) is 6.92 Å². The van der Waals surface area contributed by atoms with Crippen LogP contribution in [0.5, 0.6) is 5.75 Å². The molecule has 1 aromatic carbocycles. The lowest BCUT2D eigenvalue weighted by Crippen LogP contribution is -2.23. The molecule has 0 spiro atoms. The second-order valence-electron chi connectivity index (χ2n) is 2.80. The van der Waals surface area contributed by atoms with Crippen molar-refractivity contribution in [2.45, 2.75) is 6.92 Å². The summed E-state index contributed by atoms with van der Waals surface area (Å²) < 4.78 is 0. The summed E-state index contributed by atoms with van der Waals surface area (Å²) in [4.78, 5) is 0. The normalized spacial score (nSPS) is 10.4. The average molecular weight is 209 g/mol. The molecular formula is C9H11N3OS. The third-order valence-corrected chi connectivity index (χ3v) is 1.65. The smallest absolute Gasteiger partial charge is 0.184 e. The van der Waals surface area contributed by atoms with E-state index in [1.807, 2.05) is 13.0 Å². The first-order valence-corrected chi connectivity index (χ1v) is 4.38. The lowest BCUT2D eigenvalue weighted by atomic mass is 10.1. The minimum Gasteiger partial charge on any atom is -0.507 e. The van der Waals surface area contributed by atoms with Crippen LogP contribution >= 0.6 is 12.2 Å². The Morgan fingerprint density at radius 2 is 2.36 bits per heavy atom. The van der Waals surface area contributed by atoms with Gasteiger partial charge in [0.15, 0.2) is 5.11 Å². The maximum absolute atomic E-state index is 9.42. The summed E-state index contributed by atoms with van der Waals surface area (Å²) in [6.07, 6.45) is 1.46. The van der Waals surface area contributed by atoms with E-state index in [1.165, 1.54) is 6.21 Å². The van der Waals surface area contributed by atoms with Gasteiger partial charge in [-0.15, -0.1) is 0 Å². The van der Waals surface area contributed by atoms with Crippen LogP contribution in [0.2, 0.25) is 0 Å². The Labute approximate surface area is 87.4 Å². The Morgan fingerprint density at radius 3 is 3.00 bits per heavy atom. The molecule has 0 atom stereocenters. The van der Waals surface area contributed by atoms with Crippen LogP contribution in [0.3, 0.4) is 0 Å². The van der Waals surface area contributed by atoms with Crippen molar-refractivity contribution in [1.82, 2.24) is 5.43 Å². The van der Waals surface area contributed by atoms with E-state index in [0.717, 1.165) is 5.56 Å². The molecule has 1 rings (SSSR count). The predicted molar refractivity (Wildman–Crippen MR) is 60.4 cm³/mol. The number of hydrazone groups is 1. The average Bonchev–Trinajstić information content (AvgIpc) is 2.10. The maximum Gasteiger partial charge on any atom is 0.184 e. The zero-order chi connectivity index (χ0) is 10.6. The topological polar surface area (TPSA) is 70.6 Å². The molecule has 0 saturated heterocycles. The molecule has 0 bridgehead atoms. The van der Waals surface area contributed by atoms with Gasteiger partial charge in [-0.1, -0.05) is 11.6 Å². The second kappa shape index (κ2) is 4.57. The standard InChI is InChI=1S/C9H11N3OS/c1-6-2-3-8(13)7(4-6)5-11-12-9(10)14/h2-5,13H,1H3,(H3,10,12,14)/b11-5+. The molecular weight excluding hydrogens is 198 g/mol. The Kier molecular flexibility index (Phi) is 3.41. The molecule has 0 radical (unpaired) electrons. The van der Waals surface area contributed by atoms with Gasteiger partial charge in [0.2, 0.25) is 0 Å². The molecule has 0 heterocycles. The van der Waals surface area contributed by atoms with Gasteiger partial charge in [-0.25, -0.2) is 0 Å². The molecule has 4 N–H and O–H groups in total. The SMILES string of the molecule is Cc1ccc(O)c(/C=N/NC(N)=S)c1. The first kappa shape index (κ1) is 10.5. The number of thiocarbonyl (C=S) groups is 1. The fourth-order valence-corrected chi connectivity index (χ4v) is 0.995. The van der Waals surface area contributed by atoms with E-state index in [9.17, 15) is 5.11 Å². The highest BCUT2D eigenvalue weighted by atomic mass is 32.1. The third kappa shape index (κ3) is 3.02. The molecule has 0 aliphatic carbocycles. The molecule has 0 aliphatic rings. The Hall–Kier alpha value is -1.62. The summed E-state index contributed by atoms with van der Waals surface area (Å²) in [6.45, 7) is 1.93. The van der Waals surface area contributed by atoms with Crippen molar-refractivity contribution in [3.05, 3.63) is 29.3 Å². The van der Waals surface area contributed by atoms with Crippen molar-refractivity contribution < 1.29 is 5.11 Å². The van der Waals surface area contributed by atoms with Crippen molar-refractivity contribution in [3.8, 4) is 5.75 Å². The number of nitrogens with one attached hydrogen (secondary N) is 1. The van der Waals surface area contributed by atoms with Gasteiger partial charge in [0.1, 0.15) is 5.75 Å². The molecule has 0 fully saturated rings. The van der Waals surface area contributed by atoms with Crippen molar-refractivity contribution in [1.29, 1.82) is 0 Å². The highest BCUT2D eigenvalue weighted by molar-refractivity contribution is 7.80. The van der Waals surface area contributed by atoms with Crippen LogP contribution in [0.15, 0.2) is 23.3 Å². The van der Waals surface area contributed by atoms with E-state index < -0.39 is 0 Å². The number of nitrogens with two attached hydrogens (primary N) is 1. The van der Waals surface area contributed by atoms with Crippen molar-refractivity contribution in [2.24, 2.45) is 10.8 Å². The number of benzene rings is 1. The Morgan fingerprint density at radius 1 is 1.64 bits per heavy atom. The van der Waals surface area contributed by atoms with E-state index >= 15 is 0 Å². The molecule has 14 heavy (non-hydrogen) atoms. The van der Waals surface area contributed by atoms with Crippen LogP contribution in [-0.2, 0) is 0 Å². The molecule has 74 valence electrons. The van der Waals surface area contributed by atoms with E-state index in [1.54, 1.807) is 12.1 Å². The molecule has 5 heteroatoms. The van der Waals surface area contributed by atoms with E-state index in [2.05, 4.69) is 22.7 Å². The lowest BCUT2D eigenvalue weighted by Gasteiger charge is -2.00. The lowest BCUT2D eigenvalue weighted by molar-refractivity contribution is 0.474. The summed E-state index contributed by atoms with van der Waals surface area (Å²) in [5.41, 5.74) is 9.24. The van der Waals surface area contributed by atoms with Crippen LogP contribution in [0.4, 0.5) is 0 Å². The Bertz CT molecular complexity index is 376. The molecule has 1 aromatic rings. The number of phenols is 1. The first-order chi connectivity index (χ1) is 6.59. The van der Waals surface area contributed by atoms with Gasteiger partial charge in [-0.2, -0.15) is 5.10 Å². The molecule has 0 amide bonds. The number of aromatic hydroxyl groups is 1. The highest BCUT2D eigenvalue weighted by Crippen LogP contribution is 2.15. The number of phenolic OH excluding ortho intramolecular Hbond substituents is 1. The molecule has 0 aromatic heterocycles. The van der Waals surface area contributed by atoms with Crippen molar-refractivity contribution in [2.75, 3.05) is 0 Å². The number of hydrogen-bond donors (Lipinski definition) is 3. The first-order valence-electron chi connectivity index (χ1n) is 3.97. The zero-order valence-electron chi connectivity index (χ0n) is 7.69. The number of hydrogen-bond acceptors (Lipinski definition) is 3. The van der Waals surface area contributed by atoms with E-state index in [-0.39, 0.29) is 10.9 Å². The van der Waals surface area contributed by atoms with Crippen LogP contribution < -0.4 is 11.2 Å². The highest BCUT2D eigenvalue weighted by Gasteiger charge is 1.97.